The molecule has 3 aromatic rings. The van der Waals surface area contributed by atoms with Gasteiger partial charge in [-0.15, -0.1) is 11.8 Å². The minimum atomic E-state index is 0.717. The number of benzene rings is 2. The molecule has 0 unspecified atom stereocenters. The number of fused-ring (bicyclic) bond motifs is 1. The van der Waals surface area contributed by atoms with Crippen LogP contribution < -0.4 is 0 Å². The number of imidazole rings is 1. The number of rotatable bonds is 4. The summed E-state index contributed by atoms with van der Waals surface area (Å²) < 4.78 is 0. The molecule has 0 fully saturated rings. The van der Waals surface area contributed by atoms with Crippen molar-refractivity contribution in [2.75, 3.05) is 0 Å². The standard InChI is InChI=1S/C15H12Cl2N2S/c16-11-4-3-5-12(17)10(11)8-20-9-15-18-13-6-1-2-7-14(13)19-15/h1-7H,8-9H2,(H,18,19). The number of aromatic nitrogens is 2. The Kier molecular flexibility index (Phi) is 4.20. The van der Waals surface area contributed by atoms with E-state index < -0.39 is 0 Å². The monoisotopic (exact) mass is 322 g/mol. The van der Waals surface area contributed by atoms with Crippen LogP contribution in [0.25, 0.3) is 11.0 Å². The Morgan fingerprint density at radius 3 is 2.45 bits per heavy atom. The highest BCUT2D eigenvalue weighted by Crippen LogP contribution is 2.29. The smallest absolute Gasteiger partial charge is 0.117 e. The van der Waals surface area contributed by atoms with Crippen LogP contribution in [-0.2, 0) is 11.5 Å². The van der Waals surface area contributed by atoms with Crippen molar-refractivity contribution >= 4 is 46.0 Å². The number of nitrogens with one attached hydrogen (secondary N) is 1. The first kappa shape index (κ1) is 13.8. The number of aromatic amines is 1. The van der Waals surface area contributed by atoms with Gasteiger partial charge in [-0.05, 0) is 29.8 Å². The van der Waals surface area contributed by atoms with Gasteiger partial charge in [0.15, 0.2) is 0 Å². The molecule has 1 N–H and O–H groups in total. The van der Waals surface area contributed by atoms with Crippen molar-refractivity contribution in [3.05, 3.63) is 63.9 Å². The number of nitrogens with zero attached hydrogens (tertiary/aromatic N) is 1. The summed E-state index contributed by atoms with van der Waals surface area (Å²) in [6.07, 6.45) is 0. The maximum atomic E-state index is 6.15. The van der Waals surface area contributed by atoms with Gasteiger partial charge in [-0.1, -0.05) is 41.4 Å². The van der Waals surface area contributed by atoms with Crippen molar-refractivity contribution in [2.45, 2.75) is 11.5 Å². The van der Waals surface area contributed by atoms with E-state index in [4.69, 9.17) is 23.2 Å². The molecule has 0 saturated heterocycles. The van der Waals surface area contributed by atoms with Crippen LogP contribution in [0, 0.1) is 0 Å². The molecule has 0 aliphatic carbocycles. The first-order chi connectivity index (χ1) is 9.74. The summed E-state index contributed by atoms with van der Waals surface area (Å²) in [6.45, 7) is 0. The molecular formula is C15H12Cl2N2S. The summed E-state index contributed by atoms with van der Waals surface area (Å²) >= 11 is 14.0. The average Bonchev–Trinajstić information content (AvgIpc) is 2.84. The van der Waals surface area contributed by atoms with E-state index >= 15 is 0 Å². The van der Waals surface area contributed by atoms with Crippen LogP contribution in [-0.4, -0.2) is 9.97 Å². The molecule has 2 nitrogen and oxygen atoms in total. The summed E-state index contributed by atoms with van der Waals surface area (Å²) in [4.78, 5) is 7.86. The molecule has 102 valence electrons. The highest BCUT2D eigenvalue weighted by Gasteiger charge is 2.07. The largest absolute Gasteiger partial charge is 0.341 e. The molecule has 0 radical (unpaired) electrons. The lowest BCUT2D eigenvalue weighted by Gasteiger charge is -2.05. The lowest BCUT2D eigenvalue weighted by Crippen LogP contribution is -1.88. The molecular weight excluding hydrogens is 311 g/mol. The summed E-state index contributed by atoms with van der Waals surface area (Å²) in [5, 5.41) is 1.43. The van der Waals surface area contributed by atoms with E-state index in [1.165, 1.54) is 0 Å². The Morgan fingerprint density at radius 1 is 0.950 bits per heavy atom. The molecule has 0 aliphatic heterocycles. The van der Waals surface area contributed by atoms with Crippen LogP contribution in [0.4, 0.5) is 0 Å². The molecule has 2 aromatic carbocycles. The van der Waals surface area contributed by atoms with Gasteiger partial charge in [0.05, 0.1) is 16.8 Å². The van der Waals surface area contributed by atoms with Crippen molar-refractivity contribution in [1.82, 2.24) is 9.97 Å². The van der Waals surface area contributed by atoms with E-state index in [1.807, 2.05) is 42.5 Å². The van der Waals surface area contributed by atoms with Crippen molar-refractivity contribution < 1.29 is 0 Å². The maximum absolute atomic E-state index is 6.15. The fourth-order valence-electron chi connectivity index (χ4n) is 1.99. The summed E-state index contributed by atoms with van der Waals surface area (Å²) in [5.74, 6) is 2.55. The van der Waals surface area contributed by atoms with Crippen LogP contribution in [0.2, 0.25) is 10.0 Å². The zero-order valence-corrected chi connectivity index (χ0v) is 12.9. The predicted octanol–water partition coefficient (Wildman–Crippen LogP) is 5.30. The van der Waals surface area contributed by atoms with Crippen molar-refractivity contribution in [1.29, 1.82) is 0 Å². The zero-order chi connectivity index (χ0) is 13.9. The fraction of sp³-hybridized carbons (Fsp3) is 0.133. The lowest BCUT2D eigenvalue weighted by molar-refractivity contribution is 1.14. The molecule has 0 atom stereocenters. The van der Waals surface area contributed by atoms with Gasteiger partial charge >= 0.3 is 0 Å². The zero-order valence-electron chi connectivity index (χ0n) is 10.6. The first-order valence-electron chi connectivity index (χ1n) is 6.18. The van der Waals surface area contributed by atoms with Gasteiger partial charge in [-0.3, -0.25) is 0 Å². The van der Waals surface area contributed by atoms with Crippen molar-refractivity contribution in [3.8, 4) is 0 Å². The molecule has 0 aliphatic rings. The van der Waals surface area contributed by atoms with Crippen LogP contribution >= 0.6 is 35.0 Å². The SMILES string of the molecule is Clc1cccc(Cl)c1CSCc1nc2ccccc2[nH]1. The highest BCUT2D eigenvalue weighted by molar-refractivity contribution is 7.97. The summed E-state index contributed by atoms with van der Waals surface area (Å²) in [7, 11) is 0. The highest BCUT2D eigenvalue weighted by atomic mass is 35.5. The van der Waals surface area contributed by atoms with Gasteiger partial charge in [0, 0.05) is 15.8 Å². The molecule has 0 amide bonds. The molecule has 0 spiro atoms. The molecule has 5 heteroatoms. The molecule has 20 heavy (non-hydrogen) atoms. The number of thioether (sulfide) groups is 1. The summed E-state index contributed by atoms with van der Waals surface area (Å²) in [6, 6.07) is 13.6. The minimum absolute atomic E-state index is 0.717. The van der Waals surface area contributed by atoms with Crippen molar-refractivity contribution in [2.24, 2.45) is 0 Å². The van der Waals surface area contributed by atoms with E-state index in [1.54, 1.807) is 11.8 Å². The van der Waals surface area contributed by atoms with Crippen LogP contribution in [0.3, 0.4) is 0 Å². The average molecular weight is 323 g/mol. The quantitative estimate of drug-likeness (QED) is 0.705. The number of halogens is 2. The first-order valence-corrected chi connectivity index (χ1v) is 8.09. The second-order valence-corrected chi connectivity index (χ2v) is 6.19. The predicted molar refractivity (Wildman–Crippen MR) is 87.6 cm³/mol. The second kappa shape index (κ2) is 6.08. The van der Waals surface area contributed by atoms with Gasteiger partial charge in [0.1, 0.15) is 5.82 Å². The molecule has 1 aromatic heterocycles. The summed E-state index contributed by atoms with van der Waals surface area (Å²) in [5.41, 5.74) is 3.05. The lowest BCUT2D eigenvalue weighted by atomic mass is 10.2. The van der Waals surface area contributed by atoms with E-state index in [0.717, 1.165) is 44.0 Å². The van der Waals surface area contributed by atoms with Gasteiger partial charge in [-0.25, -0.2) is 4.98 Å². The Balaban J connectivity index is 1.68. The number of hydrogen-bond donors (Lipinski definition) is 1. The van der Waals surface area contributed by atoms with E-state index in [0.29, 0.717) is 0 Å². The molecule has 0 saturated carbocycles. The van der Waals surface area contributed by atoms with Crippen LogP contribution in [0.15, 0.2) is 42.5 Å². The van der Waals surface area contributed by atoms with Gasteiger partial charge in [0.25, 0.3) is 0 Å². The van der Waals surface area contributed by atoms with E-state index in [-0.39, 0.29) is 0 Å². The maximum Gasteiger partial charge on any atom is 0.117 e. The number of H-pyrrole nitrogens is 1. The van der Waals surface area contributed by atoms with E-state index in [9.17, 15) is 0 Å². The Bertz CT molecular complexity index is 686. The Morgan fingerprint density at radius 2 is 1.70 bits per heavy atom. The molecule has 0 bridgehead atoms. The Labute approximate surface area is 131 Å². The van der Waals surface area contributed by atoms with Gasteiger partial charge < -0.3 is 4.98 Å². The normalized spacial score (nSPS) is 11.1. The molecule has 1 heterocycles. The second-order valence-electron chi connectivity index (χ2n) is 4.39. The van der Waals surface area contributed by atoms with Gasteiger partial charge in [0.2, 0.25) is 0 Å². The molecule has 3 rings (SSSR count). The van der Waals surface area contributed by atoms with Gasteiger partial charge in [-0.2, -0.15) is 0 Å². The van der Waals surface area contributed by atoms with Crippen LogP contribution in [0.5, 0.6) is 0 Å². The number of hydrogen-bond acceptors (Lipinski definition) is 2. The van der Waals surface area contributed by atoms with Crippen LogP contribution in [0.1, 0.15) is 11.4 Å². The Hall–Kier alpha value is -1.16. The minimum Gasteiger partial charge on any atom is -0.341 e. The third-order valence-electron chi connectivity index (χ3n) is 2.99. The van der Waals surface area contributed by atoms with E-state index in [2.05, 4.69) is 9.97 Å². The third-order valence-corrected chi connectivity index (χ3v) is 4.66. The third kappa shape index (κ3) is 2.95. The fourth-order valence-corrected chi connectivity index (χ4v) is 3.63. The number of para-hydroxylation sites is 2. The topological polar surface area (TPSA) is 28.7 Å². The van der Waals surface area contributed by atoms with Crippen molar-refractivity contribution in [3.63, 3.8) is 0 Å².